The van der Waals surface area contributed by atoms with Crippen LogP contribution in [0.1, 0.15) is 19.8 Å². The third kappa shape index (κ3) is 2.61. The van der Waals surface area contributed by atoms with Gasteiger partial charge in [0.05, 0.1) is 11.9 Å². The number of nitrogens with zero attached hydrogens (tertiary/aromatic N) is 2. The number of urea groups is 1. The fourth-order valence-corrected chi connectivity index (χ4v) is 1.37. The molecule has 1 aliphatic rings. The van der Waals surface area contributed by atoms with Crippen molar-refractivity contribution in [2.75, 3.05) is 13.1 Å². The second-order valence-corrected chi connectivity index (χ2v) is 3.20. The zero-order valence-corrected chi connectivity index (χ0v) is 7.86. The standard InChI is InChI=1S/C8H16N4O/c1-2-7(9)11-6-3-4-12(5-6)8(10)13/h6H,2-5H2,1H3,(H2,9,11)(H2,10,13). The lowest BCUT2D eigenvalue weighted by Gasteiger charge is -2.11. The van der Waals surface area contributed by atoms with Gasteiger partial charge >= 0.3 is 6.03 Å². The summed E-state index contributed by atoms with van der Waals surface area (Å²) < 4.78 is 0. The third-order valence-corrected chi connectivity index (χ3v) is 2.19. The second kappa shape index (κ2) is 4.11. The number of likely N-dealkylation sites (tertiary alicyclic amines) is 1. The molecule has 0 spiro atoms. The maximum absolute atomic E-state index is 10.8. The average Bonchev–Trinajstić information content (AvgIpc) is 2.52. The number of hydrogen-bond donors (Lipinski definition) is 2. The van der Waals surface area contributed by atoms with Gasteiger partial charge in [-0.05, 0) is 6.42 Å². The Labute approximate surface area is 77.8 Å². The van der Waals surface area contributed by atoms with Crippen LogP contribution in [-0.2, 0) is 0 Å². The molecule has 1 aliphatic heterocycles. The maximum atomic E-state index is 10.8. The lowest BCUT2D eigenvalue weighted by atomic mass is 10.3. The molecule has 1 heterocycles. The molecule has 1 atom stereocenters. The highest BCUT2D eigenvalue weighted by Gasteiger charge is 2.23. The van der Waals surface area contributed by atoms with E-state index in [1.165, 1.54) is 0 Å². The molecule has 0 saturated carbocycles. The van der Waals surface area contributed by atoms with E-state index in [0.717, 1.165) is 12.8 Å². The van der Waals surface area contributed by atoms with E-state index in [0.29, 0.717) is 18.9 Å². The van der Waals surface area contributed by atoms with Crippen LogP contribution < -0.4 is 11.5 Å². The Balaban J connectivity index is 2.46. The van der Waals surface area contributed by atoms with Gasteiger partial charge in [0.15, 0.2) is 0 Å². The number of amidine groups is 1. The minimum absolute atomic E-state index is 0.146. The van der Waals surface area contributed by atoms with Crippen LogP contribution in [0.25, 0.3) is 0 Å². The summed E-state index contributed by atoms with van der Waals surface area (Å²) in [6, 6.07) is -0.222. The first kappa shape index (κ1) is 9.83. The van der Waals surface area contributed by atoms with Gasteiger partial charge in [0.25, 0.3) is 0 Å². The summed E-state index contributed by atoms with van der Waals surface area (Å²) in [5.41, 5.74) is 10.7. The molecule has 0 aliphatic carbocycles. The van der Waals surface area contributed by atoms with Crippen molar-refractivity contribution in [3.05, 3.63) is 0 Å². The van der Waals surface area contributed by atoms with Gasteiger partial charge in [0.2, 0.25) is 0 Å². The molecule has 5 nitrogen and oxygen atoms in total. The molecule has 2 amide bonds. The van der Waals surface area contributed by atoms with Crippen molar-refractivity contribution in [1.82, 2.24) is 4.90 Å². The summed E-state index contributed by atoms with van der Waals surface area (Å²) in [5, 5.41) is 0. The van der Waals surface area contributed by atoms with Crippen molar-refractivity contribution in [2.24, 2.45) is 16.5 Å². The Kier molecular flexibility index (Phi) is 3.11. The zero-order valence-electron chi connectivity index (χ0n) is 7.86. The van der Waals surface area contributed by atoms with E-state index in [9.17, 15) is 4.79 Å². The van der Waals surface area contributed by atoms with Gasteiger partial charge in [-0.25, -0.2) is 4.79 Å². The van der Waals surface area contributed by atoms with Crippen molar-refractivity contribution < 1.29 is 4.79 Å². The monoisotopic (exact) mass is 184 g/mol. The summed E-state index contributed by atoms with van der Waals surface area (Å²) in [6.07, 6.45) is 1.62. The first-order valence-corrected chi connectivity index (χ1v) is 4.50. The highest BCUT2D eigenvalue weighted by atomic mass is 16.2. The van der Waals surface area contributed by atoms with Crippen LogP contribution >= 0.6 is 0 Å². The van der Waals surface area contributed by atoms with E-state index in [1.54, 1.807) is 4.90 Å². The van der Waals surface area contributed by atoms with Gasteiger partial charge in [-0.1, -0.05) is 6.92 Å². The van der Waals surface area contributed by atoms with E-state index >= 15 is 0 Å². The quantitative estimate of drug-likeness (QED) is 0.464. The molecular weight excluding hydrogens is 168 g/mol. The van der Waals surface area contributed by atoms with Gasteiger partial charge in [0.1, 0.15) is 0 Å². The average molecular weight is 184 g/mol. The van der Waals surface area contributed by atoms with E-state index in [-0.39, 0.29) is 12.1 Å². The maximum Gasteiger partial charge on any atom is 0.314 e. The highest BCUT2D eigenvalue weighted by molar-refractivity contribution is 5.80. The van der Waals surface area contributed by atoms with Crippen molar-refractivity contribution in [3.63, 3.8) is 0 Å². The summed E-state index contributed by atoms with van der Waals surface area (Å²) in [5.74, 6) is 0.649. The van der Waals surface area contributed by atoms with Crippen LogP contribution in [-0.4, -0.2) is 35.9 Å². The van der Waals surface area contributed by atoms with Gasteiger partial charge in [-0.3, -0.25) is 4.99 Å². The minimum atomic E-state index is -0.368. The lowest BCUT2D eigenvalue weighted by Crippen LogP contribution is -2.34. The van der Waals surface area contributed by atoms with E-state index in [1.807, 2.05) is 6.92 Å². The van der Waals surface area contributed by atoms with Gasteiger partial charge in [0, 0.05) is 19.5 Å². The first-order valence-electron chi connectivity index (χ1n) is 4.50. The number of carbonyl (C=O) groups is 1. The molecule has 0 aromatic carbocycles. The molecule has 0 radical (unpaired) electrons. The largest absolute Gasteiger partial charge is 0.387 e. The zero-order chi connectivity index (χ0) is 9.84. The van der Waals surface area contributed by atoms with E-state index in [2.05, 4.69) is 4.99 Å². The Morgan fingerprint density at radius 2 is 2.31 bits per heavy atom. The third-order valence-electron chi connectivity index (χ3n) is 2.19. The van der Waals surface area contributed by atoms with Crippen molar-refractivity contribution in [3.8, 4) is 0 Å². The molecule has 5 heteroatoms. The molecule has 1 saturated heterocycles. The molecule has 13 heavy (non-hydrogen) atoms. The highest BCUT2D eigenvalue weighted by Crippen LogP contribution is 2.11. The minimum Gasteiger partial charge on any atom is -0.387 e. The number of hydrogen-bond acceptors (Lipinski definition) is 2. The lowest BCUT2D eigenvalue weighted by molar-refractivity contribution is 0.218. The van der Waals surface area contributed by atoms with Crippen LogP contribution in [0.2, 0.25) is 0 Å². The van der Waals surface area contributed by atoms with Crippen LogP contribution in [0.3, 0.4) is 0 Å². The van der Waals surface area contributed by atoms with Crippen molar-refractivity contribution >= 4 is 11.9 Å². The first-order chi connectivity index (χ1) is 6.13. The molecule has 1 rings (SSSR count). The van der Waals surface area contributed by atoms with Gasteiger partial charge < -0.3 is 16.4 Å². The number of aliphatic imine (C=N–C) groups is 1. The summed E-state index contributed by atoms with van der Waals surface area (Å²) in [4.78, 5) is 16.6. The Morgan fingerprint density at radius 1 is 1.62 bits per heavy atom. The van der Waals surface area contributed by atoms with E-state index in [4.69, 9.17) is 11.5 Å². The van der Waals surface area contributed by atoms with Crippen molar-refractivity contribution in [1.29, 1.82) is 0 Å². The number of carbonyl (C=O) groups excluding carboxylic acids is 1. The van der Waals surface area contributed by atoms with Crippen LogP contribution in [0, 0.1) is 0 Å². The SMILES string of the molecule is CCC(N)=NC1CCN(C(N)=O)C1. The van der Waals surface area contributed by atoms with Gasteiger partial charge in [-0.15, -0.1) is 0 Å². The molecule has 4 N–H and O–H groups in total. The fraction of sp³-hybridized carbons (Fsp3) is 0.750. The Hall–Kier alpha value is -1.26. The van der Waals surface area contributed by atoms with Crippen LogP contribution in [0.15, 0.2) is 4.99 Å². The van der Waals surface area contributed by atoms with Gasteiger partial charge in [-0.2, -0.15) is 0 Å². The molecular formula is C8H16N4O. The number of rotatable bonds is 2. The Bertz CT molecular complexity index is 226. The van der Waals surface area contributed by atoms with E-state index < -0.39 is 0 Å². The predicted molar refractivity (Wildman–Crippen MR) is 51.5 cm³/mol. The van der Waals surface area contributed by atoms with Crippen molar-refractivity contribution in [2.45, 2.75) is 25.8 Å². The van der Waals surface area contributed by atoms with Crippen LogP contribution in [0.5, 0.6) is 0 Å². The molecule has 74 valence electrons. The molecule has 1 unspecified atom stereocenters. The Morgan fingerprint density at radius 3 is 2.77 bits per heavy atom. The molecule has 0 aromatic rings. The smallest absolute Gasteiger partial charge is 0.314 e. The summed E-state index contributed by atoms with van der Waals surface area (Å²) in [6.45, 7) is 3.26. The predicted octanol–water partition coefficient (Wildman–Crippen LogP) is -0.0934. The molecule has 1 fully saturated rings. The van der Waals surface area contributed by atoms with Crippen LogP contribution in [0.4, 0.5) is 4.79 Å². The normalized spacial score (nSPS) is 23.6. The topological polar surface area (TPSA) is 84.7 Å². The molecule has 0 aromatic heterocycles. The summed E-state index contributed by atoms with van der Waals surface area (Å²) in [7, 11) is 0. The summed E-state index contributed by atoms with van der Waals surface area (Å²) >= 11 is 0. The number of nitrogens with two attached hydrogens (primary N) is 2. The fourth-order valence-electron chi connectivity index (χ4n) is 1.37. The molecule has 0 bridgehead atoms. The number of amides is 2. The second-order valence-electron chi connectivity index (χ2n) is 3.20. The number of primary amides is 1.